The Kier molecular flexibility index (Phi) is 3.57. The van der Waals surface area contributed by atoms with Gasteiger partial charge in [0.2, 0.25) is 0 Å². The standard InChI is InChI=1S/C12H18N2S/c1-10(12-4-3-11(2)15-12)9-14-7-5-13-6-8-14/h3-4,13H,1,5-9H2,2H3. The van der Waals surface area contributed by atoms with Gasteiger partial charge in [0.05, 0.1) is 0 Å². The maximum absolute atomic E-state index is 4.18. The lowest BCUT2D eigenvalue weighted by molar-refractivity contribution is 0.268. The predicted octanol–water partition coefficient (Wildman–Crippen LogP) is 1.97. The van der Waals surface area contributed by atoms with Gasteiger partial charge in [-0.2, -0.15) is 0 Å². The van der Waals surface area contributed by atoms with E-state index in [4.69, 9.17) is 0 Å². The number of hydrogen-bond acceptors (Lipinski definition) is 3. The van der Waals surface area contributed by atoms with Gasteiger partial charge in [0, 0.05) is 42.5 Å². The Morgan fingerprint density at radius 3 is 2.80 bits per heavy atom. The third kappa shape index (κ3) is 2.91. The van der Waals surface area contributed by atoms with Crippen molar-refractivity contribution >= 4 is 16.9 Å². The average Bonchev–Trinajstić information content (AvgIpc) is 2.66. The molecule has 1 N–H and O–H groups in total. The second-order valence-electron chi connectivity index (χ2n) is 4.04. The summed E-state index contributed by atoms with van der Waals surface area (Å²) < 4.78 is 0. The fourth-order valence-electron chi connectivity index (χ4n) is 1.84. The SMILES string of the molecule is C=C(CN1CCNCC1)c1ccc(C)s1. The molecule has 2 rings (SSSR count). The molecule has 0 bridgehead atoms. The van der Waals surface area contributed by atoms with Gasteiger partial charge in [0.25, 0.3) is 0 Å². The van der Waals surface area contributed by atoms with E-state index in [1.54, 1.807) is 0 Å². The lowest BCUT2D eigenvalue weighted by Crippen LogP contribution is -2.43. The molecule has 1 aliphatic heterocycles. The highest BCUT2D eigenvalue weighted by Gasteiger charge is 2.11. The first-order chi connectivity index (χ1) is 7.25. The van der Waals surface area contributed by atoms with Crippen LogP contribution in [0.25, 0.3) is 5.57 Å². The molecule has 0 atom stereocenters. The molecular formula is C12H18N2S. The highest BCUT2D eigenvalue weighted by Crippen LogP contribution is 2.23. The molecule has 82 valence electrons. The summed E-state index contributed by atoms with van der Waals surface area (Å²) >= 11 is 1.84. The lowest BCUT2D eigenvalue weighted by Gasteiger charge is -2.27. The van der Waals surface area contributed by atoms with Gasteiger partial charge in [0.15, 0.2) is 0 Å². The molecular weight excluding hydrogens is 204 g/mol. The Morgan fingerprint density at radius 2 is 2.20 bits per heavy atom. The van der Waals surface area contributed by atoms with Gasteiger partial charge in [-0.3, -0.25) is 4.90 Å². The average molecular weight is 222 g/mol. The molecule has 1 aromatic heterocycles. The first-order valence-corrected chi connectivity index (χ1v) is 6.25. The minimum absolute atomic E-state index is 1.02. The fourth-order valence-corrected chi connectivity index (χ4v) is 2.67. The molecule has 1 aliphatic rings. The van der Waals surface area contributed by atoms with Crippen molar-refractivity contribution < 1.29 is 0 Å². The van der Waals surface area contributed by atoms with Crippen molar-refractivity contribution in [3.63, 3.8) is 0 Å². The number of nitrogens with one attached hydrogen (secondary N) is 1. The van der Waals surface area contributed by atoms with Crippen molar-refractivity contribution in [3.8, 4) is 0 Å². The van der Waals surface area contributed by atoms with Crippen LogP contribution in [0.5, 0.6) is 0 Å². The van der Waals surface area contributed by atoms with Crippen LogP contribution in [0.3, 0.4) is 0 Å². The summed E-state index contributed by atoms with van der Waals surface area (Å²) in [5.74, 6) is 0. The molecule has 0 amide bonds. The molecule has 0 spiro atoms. The minimum Gasteiger partial charge on any atom is -0.314 e. The molecule has 0 aromatic carbocycles. The van der Waals surface area contributed by atoms with Crippen LogP contribution in [0.2, 0.25) is 0 Å². The number of hydrogen-bond donors (Lipinski definition) is 1. The molecule has 0 aliphatic carbocycles. The number of piperazine rings is 1. The van der Waals surface area contributed by atoms with Crippen molar-refractivity contribution in [1.29, 1.82) is 0 Å². The Bertz CT molecular complexity index is 337. The van der Waals surface area contributed by atoms with Gasteiger partial charge < -0.3 is 5.32 Å². The van der Waals surface area contributed by atoms with Gasteiger partial charge in [-0.05, 0) is 24.6 Å². The van der Waals surface area contributed by atoms with E-state index in [0.717, 1.165) is 32.7 Å². The Labute approximate surface area is 95.6 Å². The van der Waals surface area contributed by atoms with Crippen molar-refractivity contribution in [2.75, 3.05) is 32.7 Å². The van der Waals surface area contributed by atoms with E-state index >= 15 is 0 Å². The first kappa shape index (κ1) is 10.9. The zero-order chi connectivity index (χ0) is 10.7. The zero-order valence-electron chi connectivity index (χ0n) is 9.25. The largest absolute Gasteiger partial charge is 0.314 e. The predicted molar refractivity (Wildman–Crippen MR) is 67.4 cm³/mol. The third-order valence-corrected chi connectivity index (χ3v) is 3.82. The minimum atomic E-state index is 1.02. The van der Waals surface area contributed by atoms with E-state index in [0.29, 0.717) is 0 Å². The Balaban J connectivity index is 1.91. The third-order valence-electron chi connectivity index (χ3n) is 2.71. The van der Waals surface area contributed by atoms with Crippen LogP contribution in [0.4, 0.5) is 0 Å². The van der Waals surface area contributed by atoms with Gasteiger partial charge in [0.1, 0.15) is 0 Å². The van der Waals surface area contributed by atoms with Crippen LogP contribution in [0.15, 0.2) is 18.7 Å². The van der Waals surface area contributed by atoms with Gasteiger partial charge in [-0.1, -0.05) is 6.58 Å². The van der Waals surface area contributed by atoms with E-state index in [1.165, 1.54) is 15.3 Å². The van der Waals surface area contributed by atoms with Crippen LogP contribution in [-0.4, -0.2) is 37.6 Å². The van der Waals surface area contributed by atoms with E-state index < -0.39 is 0 Å². The normalized spacial score (nSPS) is 17.9. The molecule has 1 fully saturated rings. The highest BCUT2D eigenvalue weighted by molar-refractivity contribution is 7.13. The van der Waals surface area contributed by atoms with Crippen molar-refractivity contribution in [3.05, 3.63) is 28.5 Å². The van der Waals surface area contributed by atoms with Gasteiger partial charge in [-0.15, -0.1) is 11.3 Å². The highest BCUT2D eigenvalue weighted by atomic mass is 32.1. The Hall–Kier alpha value is -0.640. The maximum atomic E-state index is 4.18. The van der Waals surface area contributed by atoms with Crippen molar-refractivity contribution in [2.45, 2.75) is 6.92 Å². The number of thiophene rings is 1. The first-order valence-electron chi connectivity index (χ1n) is 5.43. The molecule has 0 saturated carbocycles. The summed E-state index contributed by atoms with van der Waals surface area (Å²) in [5.41, 5.74) is 1.26. The van der Waals surface area contributed by atoms with Gasteiger partial charge >= 0.3 is 0 Å². The Morgan fingerprint density at radius 1 is 1.47 bits per heavy atom. The molecule has 0 radical (unpaired) electrons. The van der Waals surface area contributed by atoms with Crippen LogP contribution in [0, 0.1) is 6.92 Å². The number of nitrogens with zero attached hydrogens (tertiary/aromatic N) is 1. The topological polar surface area (TPSA) is 15.3 Å². The van der Waals surface area contributed by atoms with Gasteiger partial charge in [-0.25, -0.2) is 0 Å². The maximum Gasteiger partial charge on any atom is 0.0312 e. The van der Waals surface area contributed by atoms with E-state index in [1.807, 2.05) is 11.3 Å². The molecule has 2 nitrogen and oxygen atoms in total. The summed E-state index contributed by atoms with van der Waals surface area (Å²) in [4.78, 5) is 5.17. The summed E-state index contributed by atoms with van der Waals surface area (Å²) in [6.45, 7) is 11.8. The quantitative estimate of drug-likeness (QED) is 0.841. The molecule has 3 heteroatoms. The van der Waals surface area contributed by atoms with Crippen LogP contribution in [-0.2, 0) is 0 Å². The molecule has 1 aromatic rings. The van der Waals surface area contributed by atoms with Crippen LogP contribution in [0.1, 0.15) is 9.75 Å². The monoisotopic (exact) mass is 222 g/mol. The van der Waals surface area contributed by atoms with Crippen molar-refractivity contribution in [1.82, 2.24) is 10.2 Å². The van der Waals surface area contributed by atoms with Crippen LogP contribution < -0.4 is 5.32 Å². The smallest absolute Gasteiger partial charge is 0.0312 e. The van der Waals surface area contributed by atoms with E-state index in [-0.39, 0.29) is 0 Å². The van der Waals surface area contributed by atoms with E-state index in [2.05, 4.69) is 35.9 Å². The second-order valence-corrected chi connectivity index (χ2v) is 5.33. The summed E-state index contributed by atoms with van der Waals surface area (Å²) in [5, 5.41) is 3.36. The molecule has 1 saturated heterocycles. The van der Waals surface area contributed by atoms with Crippen LogP contribution >= 0.6 is 11.3 Å². The van der Waals surface area contributed by atoms with Crippen molar-refractivity contribution in [2.24, 2.45) is 0 Å². The molecule has 0 unspecified atom stereocenters. The number of aryl methyl sites for hydroxylation is 1. The summed E-state index contributed by atoms with van der Waals surface area (Å²) in [6.07, 6.45) is 0. The molecule has 15 heavy (non-hydrogen) atoms. The summed E-state index contributed by atoms with van der Waals surface area (Å²) in [6, 6.07) is 4.35. The lowest BCUT2D eigenvalue weighted by atomic mass is 10.2. The number of rotatable bonds is 3. The van der Waals surface area contributed by atoms with E-state index in [9.17, 15) is 0 Å². The summed E-state index contributed by atoms with van der Waals surface area (Å²) in [7, 11) is 0. The fraction of sp³-hybridized carbons (Fsp3) is 0.500. The second kappa shape index (κ2) is 4.92. The zero-order valence-corrected chi connectivity index (χ0v) is 10.1. The molecule has 2 heterocycles.